The van der Waals surface area contributed by atoms with Crippen LogP contribution in [0, 0.1) is 12.8 Å². The molecule has 9 N–H and O–H groups in total. The van der Waals surface area contributed by atoms with Gasteiger partial charge in [-0.1, -0.05) is 117 Å². The van der Waals surface area contributed by atoms with E-state index in [1.165, 1.54) is 48.5 Å². The van der Waals surface area contributed by atoms with Crippen molar-refractivity contribution in [3.8, 4) is 45.0 Å². The number of amides is 8. The zero-order valence-corrected chi connectivity index (χ0v) is 75.3. The summed E-state index contributed by atoms with van der Waals surface area (Å²) in [5.41, 5.74) is 10.8. The molecule has 14 rings (SSSR count). The van der Waals surface area contributed by atoms with Crippen LogP contribution in [0.25, 0.3) is 45.0 Å². The van der Waals surface area contributed by atoms with Gasteiger partial charge in [0.2, 0.25) is 0 Å². The topological polar surface area (TPSA) is 348 Å². The van der Waals surface area contributed by atoms with Crippen molar-refractivity contribution in [2.24, 2.45) is 13.0 Å². The summed E-state index contributed by atoms with van der Waals surface area (Å²) in [5.74, 6) is -2.06. The predicted octanol–water partition coefficient (Wildman–Crippen LogP) is 20.2. The number of nitrogens with one attached hydrogen (secondary N) is 9. The van der Waals surface area contributed by atoms with Gasteiger partial charge in [-0.15, -0.1) is 0 Å². The number of hydrogen-bond acceptors (Lipinski definition) is 16. The molecular formula is C93H81Cl8N15O10S. The molecular weight excluding hydrogens is 1800 g/mol. The average molecular weight is 1880 g/mol. The Morgan fingerprint density at radius 2 is 0.717 bits per heavy atom. The van der Waals surface area contributed by atoms with Crippen LogP contribution in [0.4, 0.5) is 28.6 Å². The van der Waals surface area contributed by atoms with Crippen molar-refractivity contribution in [3.05, 3.63) is 340 Å². The van der Waals surface area contributed by atoms with E-state index in [9.17, 15) is 46.8 Å². The van der Waals surface area contributed by atoms with Crippen LogP contribution in [0.3, 0.4) is 0 Å². The SMILES string of the molecule is CC(C)NC(=O)c1ccc(C(=O)Nc2ccc(Cl)c(-c3ccccn3)c2)c(Cl)c1.CS(=O)(=O)CCNC(=O)c1ccc(C(=O)Nc2ccc(Cl)c(-c3ccccn3)c2)c(Cl)c1.Cc1cc(NC(=O)c2ccc(C(=O)Nc3ccc(Cl)c(-c4ccccn4)c3)c(Cl)c2)n(C)n1.O=C(NCC1CCNCC1)c1ccc(C(=O)Nc2ccc(Cl)c(-c3ccccn3)c2)c(Cl)c1. The van der Waals surface area contributed by atoms with Gasteiger partial charge in [0.15, 0.2) is 0 Å². The smallest absolute Gasteiger partial charge is 0.257 e. The minimum atomic E-state index is -3.19. The molecule has 25 nitrogen and oxygen atoms in total. The molecule has 0 spiro atoms. The minimum Gasteiger partial charge on any atom is -0.352 e. The highest BCUT2D eigenvalue weighted by Crippen LogP contribution is 2.36. The number of piperidine rings is 1. The number of rotatable bonds is 23. The highest BCUT2D eigenvalue weighted by Gasteiger charge is 2.23. The largest absolute Gasteiger partial charge is 0.352 e. The van der Waals surface area contributed by atoms with Gasteiger partial charge in [0.05, 0.1) is 96.7 Å². The van der Waals surface area contributed by atoms with Gasteiger partial charge in [0.1, 0.15) is 15.7 Å². The molecule has 0 aliphatic carbocycles. The zero-order chi connectivity index (χ0) is 91.0. The number of nitrogens with zero attached hydrogens (tertiary/aromatic N) is 6. The first-order valence-corrected chi connectivity index (χ1v) is 44.2. The maximum Gasteiger partial charge on any atom is 0.257 e. The highest BCUT2D eigenvalue weighted by molar-refractivity contribution is 7.90. The number of carbonyl (C=O) groups is 8. The lowest BCUT2D eigenvalue weighted by Gasteiger charge is -2.22. The maximum atomic E-state index is 12.8. The van der Waals surface area contributed by atoms with Crippen molar-refractivity contribution in [1.82, 2.24) is 51.0 Å². The molecule has 0 radical (unpaired) electrons. The van der Waals surface area contributed by atoms with Gasteiger partial charge in [-0.2, -0.15) is 5.10 Å². The lowest BCUT2D eigenvalue weighted by atomic mass is 9.98. The standard InChI is InChI=1S/C25H24Cl2N4O2.C24H19Cl2N5O2.C22H19Cl2N3O4S.C22H19Cl2N3O2/c26-21-7-5-18(14-20(21)23-3-1-2-10-29-23)31-25(33)19-6-4-17(13-22(19)27)24(32)30-15-16-8-11-28-12-9-16;1-14-11-22(31(2)30-14)29-23(32)15-6-8-17(20(26)12-15)24(33)28-16-7-9-19(25)18(13-16)21-5-3-4-10-27-21;1-32(30,31)11-10-26-21(28)14-5-7-16(19(24)12-14)22(29)27-15-6-8-18(23)17(13-15)20-4-2-3-9-25-20;1-13(2)26-21(28)14-6-8-16(19(24)11-14)22(29)27-15-7-9-18(23)17(12-15)20-5-3-4-10-25-20/h1-7,10,13-14,16,28H,8-9,11-12,15H2,(H,30,32)(H,31,33);3-13H,1-2H3,(H,28,33)(H,29,32);2-9,12-13H,10-11H2,1H3,(H,26,28)(H,27,29);3-13H,1-2H3,(H,26,28)(H,27,29). The van der Waals surface area contributed by atoms with E-state index in [1.54, 1.807) is 146 Å². The Labute approximate surface area is 772 Å². The minimum absolute atomic E-state index is 0.00227. The van der Waals surface area contributed by atoms with E-state index in [4.69, 9.17) is 92.8 Å². The van der Waals surface area contributed by atoms with Crippen LogP contribution in [0.15, 0.2) is 249 Å². The van der Waals surface area contributed by atoms with Crippen molar-refractivity contribution in [2.45, 2.75) is 39.7 Å². The Bertz CT molecular complexity index is 6340. The maximum absolute atomic E-state index is 12.8. The average Bonchev–Trinajstić information content (AvgIpc) is 1.11. The van der Waals surface area contributed by atoms with Crippen molar-refractivity contribution in [1.29, 1.82) is 0 Å². The Kier molecular flexibility index (Phi) is 33.8. The first-order chi connectivity index (χ1) is 60.8. The molecule has 1 fully saturated rings. The number of hydrogen-bond donors (Lipinski definition) is 9. The second kappa shape index (κ2) is 45.1. The molecule has 34 heteroatoms. The molecule has 0 bridgehead atoms. The Morgan fingerprint density at radius 1 is 0.394 bits per heavy atom. The summed E-state index contributed by atoms with van der Waals surface area (Å²) in [6.07, 6.45) is 9.86. The molecule has 1 aliphatic rings. The second-order valence-electron chi connectivity index (χ2n) is 28.9. The molecule has 8 amide bonds. The van der Waals surface area contributed by atoms with Crippen LogP contribution >= 0.6 is 92.8 Å². The van der Waals surface area contributed by atoms with E-state index in [0.29, 0.717) is 123 Å². The van der Waals surface area contributed by atoms with Gasteiger partial charge in [-0.05, 0) is 247 Å². The van der Waals surface area contributed by atoms with E-state index in [2.05, 4.69) is 72.9 Å². The van der Waals surface area contributed by atoms with Gasteiger partial charge in [-0.3, -0.25) is 63.0 Å². The third-order valence-electron chi connectivity index (χ3n) is 19.0. The van der Waals surface area contributed by atoms with E-state index in [-0.39, 0.29) is 95.8 Å². The molecule has 1 saturated heterocycles. The summed E-state index contributed by atoms with van der Waals surface area (Å²) >= 11 is 50.3. The van der Waals surface area contributed by atoms with Crippen LogP contribution in [0.2, 0.25) is 40.2 Å². The zero-order valence-electron chi connectivity index (χ0n) is 68.5. The number of sulfone groups is 1. The summed E-state index contributed by atoms with van der Waals surface area (Å²) in [5, 5.41) is 32.5. The number of aromatic nitrogens is 6. The number of halogens is 8. The fourth-order valence-corrected chi connectivity index (χ4v) is 15.0. The van der Waals surface area contributed by atoms with Crippen LogP contribution in [-0.4, -0.2) is 130 Å². The Morgan fingerprint density at radius 3 is 1.01 bits per heavy atom. The molecule has 127 heavy (non-hydrogen) atoms. The van der Waals surface area contributed by atoms with Crippen molar-refractivity contribution < 1.29 is 46.8 Å². The number of aryl methyl sites for hydroxylation is 2. The fourth-order valence-electron chi connectivity index (χ4n) is 12.6. The van der Waals surface area contributed by atoms with E-state index in [1.807, 2.05) is 87.5 Å². The number of anilines is 5. The monoisotopic (exact) mass is 1880 g/mol. The fraction of sp³-hybridized carbons (Fsp3) is 0.151. The van der Waals surface area contributed by atoms with Crippen LogP contribution in [0.1, 0.15) is 115 Å². The first-order valence-electron chi connectivity index (χ1n) is 39.2. The Hall–Kier alpha value is -12.4. The Balaban J connectivity index is 0.000000164. The van der Waals surface area contributed by atoms with Gasteiger partial charge < -0.3 is 47.9 Å². The second-order valence-corrected chi connectivity index (χ2v) is 34.4. The molecule has 5 aromatic heterocycles. The molecule has 0 unspecified atom stereocenters. The van der Waals surface area contributed by atoms with Crippen molar-refractivity contribution >= 4 is 178 Å². The third kappa shape index (κ3) is 27.3. The van der Waals surface area contributed by atoms with Crippen LogP contribution < -0.4 is 47.9 Å². The lowest BCUT2D eigenvalue weighted by molar-refractivity contribution is 0.0935. The summed E-state index contributed by atoms with van der Waals surface area (Å²) in [6.45, 7) is 8.14. The third-order valence-corrected chi connectivity index (χ3v) is 22.5. The molecule has 650 valence electrons. The first kappa shape index (κ1) is 95.2. The molecule has 6 heterocycles. The molecule has 8 aromatic carbocycles. The molecule has 0 atom stereocenters. The quantitative estimate of drug-likeness (QED) is 0.0287. The van der Waals surface area contributed by atoms with Crippen molar-refractivity contribution in [3.63, 3.8) is 0 Å². The van der Waals surface area contributed by atoms with Crippen LogP contribution in [-0.2, 0) is 16.9 Å². The molecule has 13 aromatic rings. The van der Waals surface area contributed by atoms with Gasteiger partial charge in [-0.25, -0.2) is 8.42 Å². The summed E-state index contributed by atoms with van der Waals surface area (Å²) in [6, 6.07) is 62.2. The normalized spacial score (nSPS) is 11.6. The molecule has 1 aliphatic heterocycles. The summed E-state index contributed by atoms with van der Waals surface area (Å²) < 4.78 is 23.9. The summed E-state index contributed by atoms with van der Waals surface area (Å²) in [4.78, 5) is 118. The van der Waals surface area contributed by atoms with E-state index in [0.717, 1.165) is 37.9 Å². The van der Waals surface area contributed by atoms with Crippen LogP contribution in [0.5, 0.6) is 0 Å². The van der Waals surface area contributed by atoms with Gasteiger partial charge >= 0.3 is 0 Å². The highest BCUT2D eigenvalue weighted by atomic mass is 35.5. The number of carbonyl (C=O) groups excluding carboxylic acids is 8. The number of pyridine rings is 4. The van der Waals surface area contributed by atoms with Crippen molar-refractivity contribution in [2.75, 3.05) is 64.8 Å². The predicted molar refractivity (Wildman–Crippen MR) is 505 cm³/mol. The van der Waals surface area contributed by atoms with E-state index < -0.39 is 27.6 Å². The molecule has 0 saturated carbocycles. The van der Waals surface area contributed by atoms with Gasteiger partial charge in [0, 0.05) is 131 Å². The lowest BCUT2D eigenvalue weighted by Crippen LogP contribution is -2.36. The number of benzene rings is 8. The van der Waals surface area contributed by atoms with E-state index >= 15 is 0 Å². The summed E-state index contributed by atoms with van der Waals surface area (Å²) in [7, 11) is -1.45. The van der Waals surface area contributed by atoms with Gasteiger partial charge in [0.25, 0.3) is 47.3 Å².